The number of aliphatic hydroxyl groups excluding tert-OH is 1. The maximum atomic E-state index is 14.8. The molecule has 2 saturated heterocycles. The van der Waals surface area contributed by atoms with Crippen molar-refractivity contribution < 1.29 is 33.8 Å². The number of aliphatic hydroxyl groups is 1. The van der Waals surface area contributed by atoms with Gasteiger partial charge in [-0.3, -0.25) is 19.2 Å². The van der Waals surface area contributed by atoms with Crippen molar-refractivity contribution in [2.45, 2.75) is 50.5 Å². The molecule has 248 valence electrons. The van der Waals surface area contributed by atoms with E-state index in [1.807, 2.05) is 66.7 Å². The van der Waals surface area contributed by atoms with Gasteiger partial charge in [0.05, 0.1) is 25.2 Å². The molecule has 6 atom stereocenters. The van der Waals surface area contributed by atoms with E-state index in [1.165, 1.54) is 4.90 Å². The fourth-order valence-electron chi connectivity index (χ4n) is 7.39. The molecule has 4 aliphatic rings. The maximum Gasteiger partial charge on any atom is 0.313 e. The van der Waals surface area contributed by atoms with Crippen LogP contribution in [-0.4, -0.2) is 90.8 Å². The maximum absolute atomic E-state index is 14.8. The zero-order valence-electron chi connectivity index (χ0n) is 26.8. The number of β-amino-alcohol motifs (C(OH)–C–C–N with tert-alkyl or cyclic N) is 1. The van der Waals surface area contributed by atoms with E-state index in [-0.39, 0.29) is 38.6 Å². The van der Waals surface area contributed by atoms with Crippen LogP contribution in [-0.2, 0) is 28.7 Å². The number of hydrogen-bond donors (Lipinski definition) is 2. The molecule has 1 spiro atoms. The second-order valence-corrected chi connectivity index (χ2v) is 12.2. The fraction of sp³-hybridized carbons (Fsp3) is 0.444. The van der Waals surface area contributed by atoms with Crippen molar-refractivity contribution in [3.05, 3.63) is 84.5 Å². The summed E-state index contributed by atoms with van der Waals surface area (Å²) in [6.07, 6.45) is 6.26. The highest BCUT2D eigenvalue weighted by atomic mass is 16.6. The molecule has 0 unspecified atom stereocenters. The van der Waals surface area contributed by atoms with E-state index in [0.717, 1.165) is 18.8 Å². The Morgan fingerprint density at radius 3 is 2.43 bits per heavy atom. The molecule has 2 N–H and O–H groups in total. The van der Waals surface area contributed by atoms with E-state index in [9.17, 15) is 24.3 Å². The number of benzene rings is 2. The van der Waals surface area contributed by atoms with Gasteiger partial charge in [0, 0.05) is 44.0 Å². The molecule has 0 aliphatic carbocycles. The Bertz CT molecular complexity index is 1540. The van der Waals surface area contributed by atoms with E-state index >= 15 is 0 Å². The SMILES string of the molecule is CCN(CC)c1ccc(N2C/C=C\CCC(=O)NC[C@@H](c3ccccc3)OC(=O)[C@@H]3[C@@H]4C=C[C@]5(O4)[C@H](C2=O)N(CCO)C(=O)[C@@H]35)cc1. The number of cyclic esters (lactones) is 1. The smallest absolute Gasteiger partial charge is 0.313 e. The summed E-state index contributed by atoms with van der Waals surface area (Å²) in [5.74, 6) is -3.70. The molecule has 4 heterocycles. The van der Waals surface area contributed by atoms with Crippen LogP contribution in [0.3, 0.4) is 0 Å². The first kappa shape index (κ1) is 32.5. The second-order valence-electron chi connectivity index (χ2n) is 12.2. The molecule has 2 aromatic carbocycles. The fourth-order valence-corrected chi connectivity index (χ4v) is 7.39. The van der Waals surface area contributed by atoms with Crippen LogP contribution >= 0.6 is 0 Å². The Morgan fingerprint density at radius 2 is 1.72 bits per heavy atom. The molecule has 47 heavy (non-hydrogen) atoms. The van der Waals surface area contributed by atoms with Crippen molar-refractivity contribution in [2.24, 2.45) is 11.8 Å². The van der Waals surface area contributed by atoms with Gasteiger partial charge in [0.15, 0.2) is 0 Å². The minimum atomic E-state index is -1.41. The first-order valence-corrected chi connectivity index (χ1v) is 16.4. The number of amides is 3. The first-order chi connectivity index (χ1) is 22.8. The van der Waals surface area contributed by atoms with Crippen LogP contribution in [0.2, 0.25) is 0 Å². The van der Waals surface area contributed by atoms with Gasteiger partial charge in [0.1, 0.15) is 23.7 Å². The number of rotatable bonds is 7. The Hall–Kier alpha value is -4.48. The van der Waals surface area contributed by atoms with Crippen molar-refractivity contribution in [2.75, 3.05) is 49.1 Å². The Morgan fingerprint density at radius 1 is 0.979 bits per heavy atom. The number of nitrogens with zero attached hydrogens (tertiary/aromatic N) is 3. The van der Waals surface area contributed by atoms with Gasteiger partial charge in [-0.2, -0.15) is 0 Å². The minimum absolute atomic E-state index is 0.0607. The number of carbonyl (C=O) groups is 4. The average molecular weight is 643 g/mol. The van der Waals surface area contributed by atoms with E-state index in [4.69, 9.17) is 9.47 Å². The van der Waals surface area contributed by atoms with Gasteiger partial charge in [-0.15, -0.1) is 0 Å². The van der Waals surface area contributed by atoms with Gasteiger partial charge in [-0.25, -0.2) is 0 Å². The standard InChI is InChI=1S/C36H42N4O7/c1-3-38(4-2)25-14-16-26(17-15-25)39-20-10-6-9-13-29(42)37-23-28(24-11-7-5-8-12-24)46-35(45)30-27-18-19-36(47-27)31(30)33(43)40(21-22-41)32(36)34(39)44/h5-8,10-12,14-19,27-28,30-32,41H,3-4,9,13,20-23H2,1-2H3,(H,37,42)/b10-6-/t27-,28-,30+,31+,32-,36+/m0/s1. The predicted molar refractivity (Wildman–Crippen MR) is 175 cm³/mol. The number of ether oxygens (including phenoxy) is 2. The van der Waals surface area contributed by atoms with Crippen LogP contribution in [0.1, 0.15) is 38.4 Å². The third-order valence-electron chi connectivity index (χ3n) is 9.68. The van der Waals surface area contributed by atoms with Crippen LogP contribution < -0.4 is 15.1 Å². The van der Waals surface area contributed by atoms with Crippen LogP contribution in [0.25, 0.3) is 0 Å². The summed E-state index contributed by atoms with van der Waals surface area (Å²) in [4.78, 5) is 60.9. The molecule has 2 fully saturated rings. The molecular weight excluding hydrogens is 600 g/mol. The molecule has 11 nitrogen and oxygen atoms in total. The van der Waals surface area contributed by atoms with Crippen LogP contribution in [0.15, 0.2) is 78.9 Å². The van der Waals surface area contributed by atoms with Crippen molar-refractivity contribution in [3.63, 3.8) is 0 Å². The number of nitrogens with one attached hydrogen (secondary N) is 1. The zero-order valence-corrected chi connectivity index (χ0v) is 26.8. The highest BCUT2D eigenvalue weighted by Gasteiger charge is 2.73. The Labute approximate surface area is 274 Å². The molecule has 2 aromatic rings. The van der Waals surface area contributed by atoms with Crippen LogP contribution in [0.5, 0.6) is 0 Å². The van der Waals surface area contributed by atoms with Gasteiger partial charge in [-0.05, 0) is 50.1 Å². The van der Waals surface area contributed by atoms with Crippen LogP contribution in [0, 0.1) is 11.8 Å². The summed E-state index contributed by atoms with van der Waals surface area (Å²) in [6.45, 7) is 5.60. The van der Waals surface area contributed by atoms with Gasteiger partial charge in [-0.1, -0.05) is 54.6 Å². The third kappa shape index (κ3) is 5.94. The van der Waals surface area contributed by atoms with Gasteiger partial charge in [0.25, 0.3) is 5.91 Å². The van der Waals surface area contributed by atoms with Crippen molar-refractivity contribution in [1.29, 1.82) is 0 Å². The molecule has 4 aliphatic heterocycles. The number of esters is 1. The molecule has 11 heteroatoms. The van der Waals surface area contributed by atoms with Gasteiger partial charge < -0.3 is 34.6 Å². The summed E-state index contributed by atoms with van der Waals surface area (Å²) < 4.78 is 12.5. The zero-order chi connectivity index (χ0) is 33.1. The van der Waals surface area contributed by atoms with Crippen molar-refractivity contribution >= 4 is 35.1 Å². The van der Waals surface area contributed by atoms with E-state index in [2.05, 4.69) is 24.1 Å². The molecule has 5 bridgehead atoms. The third-order valence-corrected chi connectivity index (χ3v) is 9.68. The minimum Gasteiger partial charge on any atom is -0.455 e. The highest BCUT2D eigenvalue weighted by Crippen LogP contribution is 2.56. The molecule has 0 aromatic heterocycles. The summed E-state index contributed by atoms with van der Waals surface area (Å²) in [5.41, 5.74) is 0.931. The highest BCUT2D eigenvalue weighted by molar-refractivity contribution is 6.05. The molecule has 6 rings (SSSR count). The number of likely N-dealkylation sites (tertiary alicyclic amines) is 1. The number of fused-ring (bicyclic) bond motifs is 2. The lowest BCUT2D eigenvalue weighted by Gasteiger charge is -2.35. The van der Waals surface area contributed by atoms with Gasteiger partial charge >= 0.3 is 5.97 Å². The number of hydrogen-bond acceptors (Lipinski definition) is 8. The van der Waals surface area contributed by atoms with Crippen molar-refractivity contribution in [3.8, 4) is 0 Å². The van der Waals surface area contributed by atoms with Crippen LogP contribution in [0.4, 0.5) is 11.4 Å². The average Bonchev–Trinajstić information content (AvgIpc) is 3.73. The second kappa shape index (κ2) is 13.7. The predicted octanol–water partition coefficient (Wildman–Crippen LogP) is 2.76. The normalized spacial score (nSPS) is 29.9. The first-order valence-electron chi connectivity index (χ1n) is 16.4. The topological polar surface area (TPSA) is 129 Å². The lowest BCUT2D eigenvalue weighted by atomic mass is 9.74. The van der Waals surface area contributed by atoms with Crippen molar-refractivity contribution in [1.82, 2.24) is 10.2 Å². The number of allylic oxidation sites excluding steroid dienone is 1. The molecule has 0 radical (unpaired) electrons. The molecule has 3 amide bonds. The summed E-state index contributed by atoms with van der Waals surface area (Å²) >= 11 is 0. The monoisotopic (exact) mass is 642 g/mol. The largest absolute Gasteiger partial charge is 0.455 e. The summed E-state index contributed by atoms with van der Waals surface area (Å²) in [6, 6.07) is 15.7. The molecule has 0 saturated carbocycles. The van der Waals surface area contributed by atoms with E-state index in [1.54, 1.807) is 17.1 Å². The Balaban J connectivity index is 1.40. The van der Waals surface area contributed by atoms with E-state index in [0.29, 0.717) is 17.7 Å². The number of anilines is 2. The van der Waals surface area contributed by atoms with E-state index < -0.39 is 53.5 Å². The lowest BCUT2D eigenvalue weighted by molar-refractivity contribution is -0.159. The Kier molecular flexibility index (Phi) is 9.47. The summed E-state index contributed by atoms with van der Waals surface area (Å²) in [5, 5.41) is 12.9. The summed E-state index contributed by atoms with van der Waals surface area (Å²) in [7, 11) is 0. The number of carbonyl (C=O) groups excluding carboxylic acids is 4. The molecular formula is C36H42N4O7. The quantitative estimate of drug-likeness (QED) is 0.349. The lowest BCUT2D eigenvalue weighted by Crippen LogP contribution is -2.56. The van der Waals surface area contributed by atoms with Gasteiger partial charge in [0.2, 0.25) is 11.8 Å².